The summed E-state index contributed by atoms with van der Waals surface area (Å²) in [4.78, 5) is 40.5. The largest absolute Gasteiger partial charge is 0.493 e. The van der Waals surface area contributed by atoms with Crippen LogP contribution in [0.2, 0.25) is 0 Å². The van der Waals surface area contributed by atoms with Gasteiger partial charge in [-0.1, -0.05) is 5.10 Å². The van der Waals surface area contributed by atoms with Crippen LogP contribution in [0.4, 0.5) is 5.82 Å². The van der Waals surface area contributed by atoms with Gasteiger partial charge in [0.1, 0.15) is 6.54 Å². The van der Waals surface area contributed by atoms with Crippen molar-refractivity contribution >= 4 is 19.4 Å². The molecule has 0 bridgehead atoms. The smallest absolute Gasteiger partial charge is 0.472 e. The number of ether oxygens (including phenoxy) is 3. The van der Waals surface area contributed by atoms with Crippen LogP contribution in [0.25, 0.3) is 0 Å². The highest BCUT2D eigenvalue weighted by Gasteiger charge is 2.24. The van der Waals surface area contributed by atoms with Crippen molar-refractivity contribution in [2.45, 2.75) is 19.4 Å². The van der Waals surface area contributed by atoms with Crippen molar-refractivity contribution in [2.24, 2.45) is 5.73 Å². The number of carbonyl (C=O) groups is 1. The third kappa shape index (κ3) is 6.73. The summed E-state index contributed by atoms with van der Waals surface area (Å²) in [5.74, 6) is -0.513. The second-order valence-corrected chi connectivity index (χ2v) is 7.57. The molecule has 15 heteroatoms. The number of phosphoric acid groups is 1. The van der Waals surface area contributed by atoms with Crippen LogP contribution < -0.4 is 19.9 Å². The highest BCUT2D eigenvalue weighted by molar-refractivity contribution is 7.46. The van der Waals surface area contributed by atoms with E-state index < -0.39 is 19.5 Å². The van der Waals surface area contributed by atoms with Crippen LogP contribution in [0, 0.1) is 10.1 Å². The Morgan fingerprint density at radius 3 is 2.38 bits per heavy atom. The summed E-state index contributed by atoms with van der Waals surface area (Å²) in [5.41, 5.74) is 5.80. The van der Waals surface area contributed by atoms with E-state index in [1.165, 1.54) is 26.4 Å². The van der Waals surface area contributed by atoms with Crippen LogP contribution in [0.1, 0.15) is 28.9 Å². The number of methoxy groups -OCH3 is 2. The number of benzene rings is 1. The van der Waals surface area contributed by atoms with Crippen LogP contribution in [0.15, 0.2) is 18.2 Å². The second-order valence-electron chi connectivity index (χ2n) is 6.33. The normalized spacial score (nSPS) is 11.3. The molecule has 0 radical (unpaired) electrons. The summed E-state index contributed by atoms with van der Waals surface area (Å²) in [6.07, 6.45) is 0.552. The Kier molecular flexibility index (Phi) is 8.69. The first kappa shape index (κ1) is 25.2. The van der Waals surface area contributed by atoms with Gasteiger partial charge in [0.2, 0.25) is 12.5 Å². The number of hydrogen-bond donors (Lipinski definition) is 3. The molecule has 1 heterocycles. The molecule has 4 N–H and O–H groups in total. The molecule has 14 nitrogen and oxygen atoms in total. The molecule has 0 atom stereocenters. The average Bonchev–Trinajstić information content (AvgIpc) is 3.15. The van der Waals surface area contributed by atoms with Crippen molar-refractivity contribution in [3.63, 3.8) is 0 Å². The van der Waals surface area contributed by atoms with E-state index in [1.54, 1.807) is 0 Å². The molecule has 0 aliphatic heterocycles. The third-order valence-electron chi connectivity index (χ3n) is 4.12. The van der Waals surface area contributed by atoms with Crippen LogP contribution in [0.3, 0.4) is 0 Å². The predicted molar refractivity (Wildman–Crippen MR) is 109 cm³/mol. The van der Waals surface area contributed by atoms with Gasteiger partial charge in [-0.2, -0.15) is 0 Å². The van der Waals surface area contributed by atoms with Crippen molar-refractivity contribution in [3.05, 3.63) is 39.6 Å². The number of Topliss-reactive ketones (excluding diaryl/α,β-unsaturated/α-hetero) is 1. The number of ketones is 1. The maximum Gasteiger partial charge on any atom is 0.472 e. The summed E-state index contributed by atoms with van der Waals surface area (Å²) in [7, 11) is -2.11. The lowest BCUT2D eigenvalue weighted by Gasteiger charge is -2.16. The standard InChI is InChI=1S/C17H23N4O10P/c1-28-14-6-11(7-15(29-2)17(14)30-10-31-32(25,26)27)9-20-16(21(23)24)8-12(19-20)13(22)4-3-5-18/h6-8H,3-5,9-10,18H2,1-2H3,(H2,25,26,27). The number of nitrogens with zero attached hydrogens (tertiary/aromatic N) is 3. The minimum Gasteiger partial charge on any atom is -0.493 e. The Morgan fingerprint density at radius 1 is 1.25 bits per heavy atom. The first-order valence-electron chi connectivity index (χ1n) is 9.13. The van der Waals surface area contributed by atoms with Gasteiger partial charge in [0.15, 0.2) is 23.0 Å². The van der Waals surface area contributed by atoms with Crippen LogP contribution in [-0.2, 0) is 15.6 Å². The number of aromatic nitrogens is 2. The van der Waals surface area contributed by atoms with Crippen molar-refractivity contribution in [2.75, 3.05) is 27.6 Å². The van der Waals surface area contributed by atoms with Gasteiger partial charge in [0.05, 0.1) is 20.3 Å². The lowest BCUT2D eigenvalue weighted by Crippen LogP contribution is -2.09. The predicted octanol–water partition coefficient (Wildman–Crippen LogP) is 1.22. The molecule has 176 valence electrons. The number of nitrogens with two attached hydrogens (primary N) is 1. The van der Waals surface area contributed by atoms with E-state index in [4.69, 9.17) is 29.7 Å². The summed E-state index contributed by atoms with van der Waals surface area (Å²) in [5, 5.41) is 15.5. The summed E-state index contributed by atoms with van der Waals surface area (Å²) in [6, 6.07) is 4.04. The molecule has 0 spiro atoms. The highest BCUT2D eigenvalue weighted by Crippen LogP contribution is 2.41. The third-order valence-corrected chi connectivity index (χ3v) is 4.56. The molecule has 1 aromatic carbocycles. The van der Waals surface area contributed by atoms with Crippen molar-refractivity contribution < 1.29 is 42.8 Å². The van der Waals surface area contributed by atoms with Crippen LogP contribution >= 0.6 is 7.82 Å². The number of nitro groups is 1. The zero-order chi connectivity index (χ0) is 23.9. The van der Waals surface area contributed by atoms with Gasteiger partial charge in [-0.3, -0.25) is 4.79 Å². The molecular formula is C17H23N4O10P. The quantitative estimate of drug-likeness (QED) is 0.123. The van der Waals surface area contributed by atoms with Crippen molar-refractivity contribution in [1.29, 1.82) is 0 Å². The maximum atomic E-state index is 12.2. The zero-order valence-corrected chi connectivity index (χ0v) is 18.2. The van der Waals surface area contributed by atoms with Gasteiger partial charge >= 0.3 is 13.6 Å². The number of carbonyl (C=O) groups excluding carboxylic acids is 1. The molecule has 0 unspecified atom stereocenters. The van der Waals surface area contributed by atoms with E-state index >= 15 is 0 Å². The fourth-order valence-corrected chi connectivity index (χ4v) is 2.88. The Balaban J connectivity index is 2.34. The average molecular weight is 474 g/mol. The Morgan fingerprint density at radius 2 is 1.88 bits per heavy atom. The molecule has 0 fully saturated rings. The lowest BCUT2D eigenvalue weighted by atomic mass is 10.1. The molecule has 2 aromatic rings. The monoisotopic (exact) mass is 474 g/mol. The van der Waals surface area contributed by atoms with Gasteiger partial charge in [-0.05, 0) is 30.0 Å². The van der Waals surface area contributed by atoms with E-state index in [0.29, 0.717) is 18.5 Å². The van der Waals surface area contributed by atoms with Gasteiger partial charge in [-0.15, -0.1) is 4.68 Å². The molecular weight excluding hydrogens is 451 g/mol. The Bertz CT molecular complexity index is 994. The van der Waals surface area contributed by atoms with Crippen LogP contribution in [0.5, 0.6) is 17.2 Å². The molecule has 0 saturated heterocycles. The molecule has 0 amide bonds. The number of rotatable bonds is 13. The maximum absolute atomic E-state index is 12.2. The van der Waals surface area contributed by atoms with Gasteiger partial charge in [-0.25, -0.2) is 9.09 Å². The topological polar surface area (TPSA) is 198 Å². The Labute approximate surface area is 182 Å². The fourth-order valence-electron chi connectivity index (χ4n) is 2.69. The molecule has 2 rings (SSSR count). The number of phosphoric ester groups is 1. The Hall–Kier alpha value is -3.03. The van der Waals surface area contributed by atoms with Crippen molar-refractivity contribution in [1.82, 2.24) is 9.78 Å². The summed E-state index contributed by atoms with van der Waals surface area (Å²) < 4.78 is 31.8. The summed E-state index contributed by atoms with van der Waals surface area (Å²) >= 11 is 0. The minimum absolute atomic E-state index is 0.000170. The van der Waals surface area contributed by atoms with E-state index in [2.05, 4.69) is 9.62 Å². The molecule has 0 aliphatic rings. The second kappa shape index (κ2) is 11.0. The first-order chi connectivity index (χ1) is 15.1. The van der Waals surface area contributed by atoms with Crippen molar-refractivity contribution in [3.8, 4) is 17.2 Å². The van der Waals surface area contributed by atoms with Gasteiger partial charge < -0.3 is 39.8 Å². The van der Waals surface area contributed by atoms with E-state index in [-0.39, 0.29) is 47.5 Å². The molecule has 1 aromatic heterocycles. The zero-order valence-electron chi connectivity index (χ0n) is 17.3. The molecule has 0 saturated carbocycles. The van der Waals surface area contributed by atoms with Crippen LogP contribution in [-0.4, -0.2) is 57.8 Å². The van der Waals surface area contributed by atoms with E-state index in [9.17, 15) is 19.5 Å². The minimum atomic E-state index is -4.75. The number of hydrogen-bond acceptors (Lipinski definition) is 10. The highest BCUT2D eigenvalue weighted by atomic mass is 31.2. The lowest BCUT2D eigenvalue weighted by molar-refractivity contribution is -0.392. The van der Waals surface area contributed by atoms with E-state index in [1.807, 2.05) is 0 Å². The van der Waals surface area contributed by atoms with E-state index in [0.717, 1.165) is 10.7 Å². The fraction of sp³-hybridized carbons (Fsp3) is 0.412. The SMILES string of the molecule is COc1cc(Cn2nc(C(=O)CCCN)cc2[N+](=O)[O-])cc(OC)c1OCOP(=O)(O)O. The van der Waals surface area contributed by atoms with Gasteiger partial charge in [0.25, 0.3) is 0 Å². The van der Waals surface area contributed by atoms with Gasteiger partial charge in [0, 0.05) is 12.0 Å². The first-order valence-corrected chi connectivity index (χ1v) is 10.7. The molecule has 0 aliphatic carbocycles. The molecule has 32 heavy (non-hydrogen) atoms. The summed E-state index contributed by atoms with van der Waals surface area (Å²) in [6.45, 7) is -0.580.